The standard InChI is InChI=1S/C15H15BrO3/c1-17-14-8-7-13(16)9-15(14)19-11-18-10-12-5-3-2-4-6-12/h2-9H,10-11H2,1H3. The highest BCUT2D eigenvalue weighted by Gasteiger charge is 2.04. The van der Waals surface area contributed by atoms with Crippen LogP contribution in [0.15, 0.2) is 53.0 Å². The van der Waals surface area contributed by atoms with Crippen LogP contribution in [0.5, 0.6) is 11.5 Å². The monoisotopic (exact) mass is 322 g/mol. The minimum absolute atomic E-state index is 0.182. The van der Waals surface area contributed by atoms with Gasteiger partial charge in [-0.05, 0) is 23.8 Å². The molecule has 4 heteroatoms. The molecular weight excluding hydrogens is 308 g/mol. The number of benzene rings is 2. The average molecular weight is 323 g/mol. The van der Waals surface area contributed by atoms with E-state index in [0.717, 1.165) is 10.0 Å². The fraction of sp³-hybridized carbons (Fsp3) is 0.200. The van der Waals surface area contributed by atoms with Crippen LogP contribution in [0, 0.1) is 0 Å². The summed E-state index contributed by atoms with van der Waals surface area (Å²) < 4.78 is 17.2. The van der Waals surface area contributed by atoms with E-state index in [4.69, 9.17) is 14.2 Å². The van der Waals surface area contributed by atoms with E-state index in [1.807, 2.05) is 48.5 Å². The first kappa shape index (κ1) is 13.9. The van der Waals surface area contributed by atoms with Crippen molar-refractivity contribution in [2.45, 2.75) is 6.61 Å². The molecule has 0 aliphatic rings. The Morgan fingerprint density at radius 2 is 1.79 bits per heavy atom. The minimum atomic E-state index is 0.182. The van der Waals surface area contributed by atoms with Crippen LogP contribution in [0.1, 0.15) is 5.56 Å². The normalized spacial score (nSPS) is 10.2. The Balaban J connectivity index is 1.84. The second-order valence-electron chi connectivity index (χ2n) is 3.89. The fourth-order valence-corrected chi connectivity index (χ4v) is 1.94. The third-order valence-electron chi connectivity index (χ3n) is 2.53. The highest BCUT2D eigenvalue weighted by Crippen LogP contribution is 2.30. The van der Waals surface area contributed by atoms with Crippen molar-refractivity contribution in [1.29, 1.82) is 0 Å². The lowest BCUT2D eigenvalue weighted by molar-refractivity contribution is 0.00373. The summed E-state index contributed by atoms with van der Waals surface area (Å²) in [5.74, 6) is 1.34. The van der Waals surface area contributed by atoms with Gasteiger partial charge < -0.3 is 14.2 Å². The number of ether oxygens (including phenoxy) is 3. The molecule has 0 fully saturated rings. The number of hydrogen-bond donors (Lipinski definition) is 0. The maximum atomic E-state index is 5.55. The number of methoxy groups -OCH3 is 1. The summed E-state index contributed by atoms with van der Waals surface area (Å²) in [6.45, 7) is 0.707. The highest BCUT2D eigenvalue weighted by molar-refractivity contribution is 9.10. The number of hydrogen-bond acceptors (Lipinski definition) is 3. The van der Waals surface area contributed by atoms with Crippen LogP contribution in [0.3, 0.4) is 0 Å². The summed E-state index contributed by atoms with van der Waals surface area (Å²) in [5.41, 5.74) is 1.12. The molecule has 0 aromatic heterocycles. The molecular formula is C15H15BrO3. The number of halogens is 1. The first-order valence-corrected chi connectivity index (χ1v) is 6.67. The molecule has 0 radical (unpaired) electrons. The molecule has 0 atom stereocenters. The van der Waals surface area contributed by atoms with Gasteiger partial charge in [0.15, 0.2) is 18.3 Å². The molecule has 19 heavy (non-hydrogen) atoms. The zero-order valence-electron chi connectivity index (χ0n) is 10.6. The molecule has 100 valence electrons. The molecule has 2 aromatic carbocycles. The van der Waals surface area contributed by atoms with E-state index in [1.165, 1.54) is 0 Å². The Bertz CT molecular complexity index is 514. The van der Waals surface area contributed by atoms with Gasteiger partial charge >= 0.3 is 0 Å². The second kappa shape index (κ2) is 7.16. The van der Waals surface area contributed by atoms with Gasteiger partial charge in [-0.1, -0.05) is 46.3 Å². The Kier molecular flexibility index (Phi) is 5.24. The molecule has 0 saturated heterocycles. The lowest BCUT2D eigenvalue weighted by atomic mass is 10.2. The zero-order valence-corrected chi connectivity index (χ0v) is 12.2. The van der Waals surface area contributed by atoms with Crippen LogP contribution in [-0.4, -0.2) is 13.9 Å². The van der Waals surface area contributed by atoms with Gasteiger partial charge in [0.25, 0.3) is 0 Å². The molecule has 0 aliphatic carbocycles. The summed E-state index contributed by atoms with van der Waals surface area (Å²) in [5, 5.41) is 0. The fourth-order valence-electron chi connectivity index (χ4n) is 1.60. The van der Waals surface area contributed by atoms with E-state index in [-0.39, 0.29) is 6.79 Å². The van der Waals surface area contributed by atoms with E-state index >= 15 is 0 Å². The third kappa shape index (κ3) is 4.26. The van der Waals surface area contributed by atoms with Crippen LogP contribution in [0.2, 0.25) is 0 Å². The lowest BCUT2D eigenvalue weighted by Gasteiger charge is -2.11. The van der Waals surface area contributed by atoms with Gasteiger partial charge in [-0.15, -0.1) is 0 Å². The van der Waals surface area contributed by atoms with E-state index in [0.29, 0.717) is 18.1 Å². The van der Waals surface area contributed by atoms with Crippen molar-refractivity contribution in [2.75, 3.05) is 13.9 Å². The molecule has 0 N–H and O–H groups in total. The van der Waals surface area contributed by atoms with E-state index in [1.54, 1.807) is 7.11 Å². The molecule has 3 nitrogen and oxygen atoms in total. The van der Waals surface area contributed by atoms with Gasteiger partial charge in [0.2, 0.25) is 0 Å². The predicted molar refractivity (Wildman–Crippen MR) is 77.4 cm³/mol. The van der Waals surface area contributed by atoms with Crippen molar-refractivity contribution in [2.24, 2.45) is 0 Å². The van der Waals surface area contributed by atoms with Crippen molar-refractivity contribution < 1.29 is 14.2 Å². The summed E-state index contributed by atoms with van der Waals surface area (Å²) in [6, 6.07) is 15.6. The minimum Gasteiger partial charge on any atom is -0.493 e. The number of rotatable bonds is 6. The molecule has 0 unspecified atom stereocenters. The largest absolute Gasteiger partial charge is 0.493 e. The van der Waals surface area contributed by atoms with Crippen LogP contribution in [0.4, 0.5) is 0 Å². The average Bonchev–Trinajstić information content (AvgIpc) is 2.45. The first-order chi connectivity index (χ1) is 9.29. The topological polar surface area (TPSA) is 27.7 Å². The molecule has 0 amide bonds. The van der Waals surface area contributed by atoms with Gasteiger partial charge in [-0.25, -0.2) is 0 Å². The molecule has 2 rings (SSSR count). The van der Waals surface area contributed by atoms with Crippen LogP contribution < -0.4 is 9.47 Å². The molecule has 0 spiro atoms. The highest BCUT2D eigenvalue weighted by atomic mass is 79.9. The molecule has 0 bridgehead atoms. The van der Waals surface area contributed by atoms with Crippen LogP contribution >= 0.6 is 15.9 Å². The van der Waals surface area contributed by atoms with Crippen molar-refractivity contribution in [1.82, 2.24) is 0 Å². The van der Waals surface area contributed by atoms with Crippen molar-refractivity contribution >= 4 is 15.9 Å². The lowest BCUT2D eigenvalue weighted by Crippen LogP contribution is -2.04. The van der Waals surface area contributed by atoms with Crippen molar-refractivity contribution in [3.05, 3.63) is 58.6 Å². The maximum absolute atomic E-state index is 5.55. The quantitative estimate of drug-likeness (QED) is 0.594. The van der Waals surface area contributed by atoms with Crippen LogP contribution in [-0.2, 0) is 11.3 Å². The summed E-state index contributed by atoms with van der Waals surface area (Å²) in [4.78, 5) is 0. The Labute approximate surface area is 121 Å². The van der Waals surface area contributed by atoms with Gasteiger partial charge in [0.05, 0.1) is 13.7 Å². The van der Waals surface area contributed by atoms with Gasteiger partial charge in [0, 0.05) is 4.47 Å². The predicted octanol–water partition coefficient (Wildman–Crippen LogP) is 4.01. The van der Waals surface area contributed by atoms with Gasteiger partial charge in [0.1, 0.15) is 0 Å². The SMILES string of the molecule is COc1ccc(Br)cc1OCOCc1ccccc1. The molecule has 0 saturated carbocycles. The molecule has 0 heterocycles. The Morgan fingerprint density at radius 1 is 1.00 bits per heavy atom. The Hall–Kier alpha value is -1.52. The summed E-state index contributed by atoms with van der Waals surface area (Å²) in [7, 11) is 1.61. The molecule has 2 aromatic rings. The first-order valence-electron chi connectivity index (χ1n) is 5.87. The van der Waals surface area contributed by atoms with Crippen LogP contribution in [0.25, 0.3) is 0 Å². The van der Waals surface area contributed by atoms with Gasteiger partial charge in [-0.2, -0.15) is 0 Å². The summed E-state index contributed by atoms with van der Waals surface area (Å²) >= 11 is 3.39. The third-order valence-corrected chi connectivity index (χ3v) is 3.03. The van der Waals surface area contributed by atoms with Crippen molar-refractivity contribution in [3.63, 3.8) is 0 Å². The van der Waals surface area contributed by atoms with Gasteiger partial charge in [-0.3, -0.25) is 0 Å². The maximum Gasteiger partial charge on any atom is 0.189 e. The molecule has 0 aliphatic heterocycles. The van der Waals surface area contributed by atoms with E-state index in [2.05, 4.69) is 15.9 Å². The Morgan fingerprint density at radius 3 is 2.53 bits per heavy atom. The smallest absolute Gasteiger partial charge is 0.189 e. The van der Waals surface area contributed by atoms with E-state index in [9.17, 15) is 0 Å². The van der Waals surface area contributed by atoms with Crippen molar-refractivity contribution in [3.8, 4) is 11.5 Å². The summed E-state index contributed by atoms with van der Waals surface area (Å²) in [6.07, 6.45) is 0. The second-order valence-corrected chi connectivity index (χ2v) is 4.81. The zero-order chi connectivity index (χ0) is 13.5. The van der Waals surface area contributed by atoms with E-state index < -0.39 is 0 Å².